The molecule has 2 aliphatic rings. The van der Waals surface area contributed by atoms with Crippen LogP contribution in [0.1, 0.15) is 5.69 Å². The van der Waals surface area contributed by atoms with Gasteiger partial charge in [0.2, 0.25) is 0 Å². The Labute approximate surface area is 121 Å². The van der Waals surface area contributed by atoms with E-state index in [2.05, 4.69) is 4.98 Å². The smallest absolute Gasteiger partial charge is 0.353 e. The van der Waals surface area contributed by atoms with Gasteiger partial charge in [0, 0.05) is 23.2 Å². The number of carboxylic acid groups (broad SMARTS) is 1. The Balaban J connectivity index is 1.65. The molecule has 0 unspecified atom stereocenters. The molecule has 0 bridgehead atoms. The molecule has 2 aliphatic heterocycles. The molecule has 0 saturated carbocycles. The number of carbonyl (C=O) groups excluding carboxylic acids is 1. The van der Waals surface area contributed by atoms with Crippen molar-refractivity contribution in [2.75, 3.05) is 0 Å². The third-order valence-electron chi connectivity index (χ3n) is 3.17. The maximum atomic E-state index is 12.0. The number of thiazole rings is 1. The fourth-order valence-electron chi connectivity index (χ4n) is 2.24. The molecule has 0 spiro atoms. The predicted molar refractivity (Wildman–Crippen MR) is 75.0 cm³/mol. The van der Waals surface area contributed by atoms with Crippen molar-refractivity contribution in [3.8, 4) is 0 Å². The van der Waals surface area contributed by atoms with Crippen molar-refractivity contribution in [3.63, 3.8) is 0 Å². The second-order valence-corrected chi connectivity index (χ2v) is 6.16. The highest BCUT2D eigenvalue weighted by Gasteiger charge is 2.49. The second kappa shape index (κ2) is 3.97. The maximum absolute atomic E-state index is 12.0. The van der Waals surface area contributed by atoms with Crippen LogP contribution in [0.2, 0.25) is 0 Å². The number of rotatable bonds is 2. The molecule has 4 heterocycles. The van der Waals surface area contributed by atoms with E-state index in [1.165, 1.54) is 33.4 Å². The van der Waals surface area contributed by atoms with Gasteiger partial charge in [-0.3, -0.25) is 14.1 Å². The van der Waals surface area contributed by atoms with Crippen molar-refractivity contribution in [2.24, 2.45) is 0 Å². The van der Waals surface area contributed by atoms with Gasteiger partial charge in [-0.2, -0.15) is 0 Å². The van der Waals surface area contributed by atoms with Crippen LogP contribution in [0.25, 0.3) is 11.0 Å². The third-order valence-corrected chi connectivity index (χ3v) is 5.02. The molecule has 2 aromatic rings. The van der Waals surface area contributed by atoms with Gasteiger partial charge in [0.15, 0.2) is 4.96 Å². The lowest BCUT2D eigenvalue weighted by Crippen LogP contribution is -2.51. The van der Waals surface area contributed by atoms with Gasteiger partial charge in [0.1, 0.15) is 11.1 Å². The summed E-state index contributed by atoms with van der Waals surface area (Å²) in [6, 6.07) is 0. The minimum absolute atomic E-state index is 0.0490. The highest BCUT2D eigenvalue weighted by atomic mass is 32.2. The summed E-state index contributed by atoms with van der Waals surface area (Å²) >= 11 is 2.85. The normalized spacial score (nSPS) is 23.1. The van der Waals surface area contributed by atoms with Crippen LogP contribution < -0.4 is 0 Å². The fourth-order valence-corrected chi connectivity index (χ4v) is 4.07. The van der Waals surface area contributed by atoms with Crippen LogP contribution in [0.4, 0.5) is 0 Å². The topological polar surface area (TPSA) is 74.9 Å². The molecule has 4 rings (SSSR count). The van der Waals surface area contributed by atoms with Crippen molar-refractivity contribution in [3.05, 3.63) is 40.1 Å². The van der Waals surface area contributed by atoms with Gasteiger partial charge in [-0.1, -0.05) is 0 Å². The minimum Gasteiger partial charge on any atom is -0.477 e. The lowest BCUT2D eigenvalue weighted by molar-refractivity contribution is -0.141. The fraction of sp³-hybridized carbons (Fsp3) is 0.0833. The van der Waals surface area contributed by atoms with E-state index in [0.29, 0.717) is 11.3 Å². The first-order chi connectivity index (χ1) is 9.65. The Bertz CT molecular complexity index is 788. The van der Waals surface area contributed by atoms with E-state index in [-0.39, 0.29) is 17.0 Å². The van der Waals surface area contributed by atoms with Crippen LogP contribution in [0.3, 0.4) is 0 Å². The van der Waals surface area contributed by atoms with Gasteiger partial charge in [-0.25, -0.2) is 9.78 Å². The molecular formula is C12H7N3O3S2. The first kappa shape index (κ1) is 11.7. The average molecular weight is 305 g/mol. The average Bonchev–Trinajstić information content (AvgIpc) is 3.07. The van der Waals surface area contributed by atoms with Gasteiger partial charge in [0.25, 0.3) is 5.91 Å². The van der Waals surface area contributed by atoms with Gasteiger partial charge in [0.05, 0.1) is 11.3 Å². The van der Waals surface area contributed by atoms with Crippen LogP contribution in [0.15, 0.2) is 34.5 Å². The number of imidazole rings is 1. The Morgan fingerprint density at radius 2 is 2.35 bits per heavy atom. The second-order valence-electron chi connectivity index (χ2n) is 4.33. The molecule has 8 heteroatoms. The van der Waals surface area contributed by atoms with Crippen LogP contribution in [0.5, 0.6) is 0 Å². The first-order valence-electron chi connectivity index (χ1n) is 5.71. The Hall–Kier alpha value is -2.06. The van der Waals surface area contributed by atoms with Crippen LogP contribution >= 0.6 is 23.1 Å². The summed E-state index contributed by atoms with van der Waals surface area (Å²) in [5.74, 6) is -1.33. The number of β-lactam (4-membered cyclic amide) rings is 1. The van der Waals surface area contributed by atoms with Gasteiger partial charge in [-0.15, -0.1) is 23.1 Å². The zero-order valence-corrected chi connectivity index (χ0v) is 11.5. The molecule has 1 saturated heterocycles. The molecule has 1 fully saturated rings. The number of carbonyl (C=O) groups is 2. The number of carboxylic acids is 1. The van der Waals surface area contributed by atoms with E-state index in [0.717, 1.165) is 4.96 Å². The van der Waals surface area contributed by atoms with Crippen LogP contribution in [-0.2, 0) is 9.59 Å². The quantitative estimate of drug-likeness (QED) is 0.674. The zero-order valence-electron chi connectivity index (χ0n) is 9.89. The molecule has 100 valence electrons. The molecule has 1 N–H and O–H groups in total. The van der Waals surface area contributed by atoms with Crippen molar-refractivity contribution in [2.45, 2.75) is 5.37 Å². The Morgan fingerprint density at radius 3 is 3.10 bits per heavy atom. The van der Waals surface area contributed by atoms with Crippen molar-refractivity contribution < 1.29 is 14.7 Å². The SMILES string of the molecule is O=C(O)C1=CS[C@@H]2C(=Cc3cn4ccsc4n3)C(=O)N12. The molecule has 20 heavy (non-hydrogen) atoms. The number of nitrogens with zero attached hydrogens (tertiary/aromatic N) is 3. The van der Waals surface area contributed by atoms with Crippen molar-refractivity contribution >= 4 is 46.0 Å². The van der Waals surface area contributed by atoms with Crippen molar-refractivity contribution in [1.29, 1.82) is 0 Å². The predicted octanol–water partition coefficient (Wildman–Crippen LogP) is 1.62. The molecule has 1 atom stereocenters. The van der Waals surface area contributed by atoms with Crippen LogP contribution in [-0.4, -0.2) is 36.6 Å². The van der Waals surface area contributed by atoms with E-state index in [4.69, 9.17) is 5.11 Å². The number of hydrogen-bond donors (Lipinski definition) is 1. The van der Waals surface area contributed by atoms with Gasteiger partial charge >= 0.3 is 5.97 Å². The maximum Gasteiger partial charge on any atom is 0.353 e. The minimum atomic E-state index is -1.07. The van der Waals surface area contributed by atoms with Gasteiger partial charge < -0.3 is 5.11 Å². The summed E-state index contributed by atoms with van der Waals surface area (Å²) in [5, 5.41) is 12.2. The highest BCUT2D eigenvalue weighted by molar-refractivity contribution is 8.03. The van der Waals surface area contributed by atoms with E-state index in [9.17, 15) is 9.59 Å². The largest absolute Gasteiger partial charge is 0.477 e. The van der Waals surface area contributed by atoms with E-state index < -0.39 is 5.97 Å². The lowest BCUT2D eigenvalue weighted by Gasteiger charge is -2.36. The summed E-state index contributed by atoms with van der Waals surface area (Å²) in [7, 11) is 0. The number of aliphatic carboxylic acids is 1. The molecular weight excluding hydrogens is 298 g/mol. The summed E-state index contributed by atoms with van der Waals surface area (Å²) < 4.78 is 1.89. The standard InChI is InChI=1S/C12H7N3O3S2/c16-9-7(10-15(9)8(5-20-10)11(17)18)3-6-4-14-1-2-19-12(14)13-6/h1-5,10H,(H,17,18)/t10-/m1/s1. The Kier molecular flexibility index (Phi) is 2.33. The lowest BCUT2D eigenvalue weighted by atomic mass is 10.0. The highest BCUT2D eigenvalue weighted by Crippen LogP contribution is 2.44. The zero-order chi connectivity index (χ0) is 13.9. The summed E-state index contributed by atoms with van der Waals surface area (Å²) in [5.41, 5.74) is 1.35. The number of amides is 1. The van der Waals surface area contributed by atoms with Crippen LogP contribution in [0, 0.1) is 0 Å². The molecule has 2 aromatic heterocycles. The molecule has 0 radical (unpaired) electrons. The number of hydrogen-bond acceptors (Lipinski definition) is 5. The summed E-state index contributed by atoms with van der Waals surface area (Å²) in [4.78, 5) is 29.6. The molecule has 0 aliphatic carbocycles. The third kappa shape index (κ3) is 1.49. The summed E-state index contributed by atoms with van der Waals surface area (Å²) in [6.45, 7) is 0. The van der Waals surface area contributed by atoms with E-state index in [1.807, 2.05) is 22.2 Å². The first-order valence-corrected chi connectivity index (χ1v) is 7.53. The number of thioether (sulfide) groups is 1. The van der Waals surface area contributed by atoms with E-state index in [1.54, 1.807) is 6.08 Å². The van der Waals surface area contributed by atoms with E-state index >= 15 is 0 Å². The summed E-state index contributed by atoms with van der Waals surface area (Å²) in [6.07, 6.45) is 5.48. The van der Waals surface area contributed by atoms with Gasteiger partial charge in [-0.05, 0) is 6.08 Å². The molecule has 1 amide bonds. The van der Waals surface area contributed by atoms with Crippen molar-refractivity contribution in [1.82, 2.24) is 14.3 Å². The number of fused-ring (bicyclic) bond motifs is 2. The molecule has 0 aromatic carbocycles. The monoisotopic (exact) mass is 305 g/mol. The number of aromatic nitrogens is 2. The molecule has 6 nitrogen and oxygen atoms in total. The Morgan fingerprint density at radius 1 is 1.50 bits per heavy atom.